The molecule has 33 heavy (non-hydrogen) atoms. The number of carbonyl (C=O) groups excluding carboxylic acids is 2. The summed E-state index contributed by atoms with van der Waals surface area (Å²) in [5, 5.41) is 0. The maximum absolute atomic E-state index is 13.0. The minimum Gasteiger partial charge on any atom is -0.493 e. The van der Waals surface area contributed by atoms with E-state index in [4.69, 9.17) is 18.9 Å². The first-order valence-electron chi connectivity index (χ1n) is 11.1. The Bertz CT molecular complexity index is 1010. The quantitative estimate of drug-likeness (QED) is 0.610. The molecule has 0 N–H and O–H groups in total. The van der Waals surface area contributed by atoms with E-state index in [1.54, 1.807) is 31.1 Å². The third-order valence-electron chi connectivity index (χ3n) is 6.10. The molecule has 2 aromatic rings. The van der Waals surface area contributed by atoms with Gasteiger partial charge in [-0.05, 0) is 36.2 Å². The Kier molecular flexibility index (Phi) is 6.91. The summed E-state index contributed by atoms with van der Waals surface area (Å²) in [5.74, 6) is 2.36. The number of para-hydroxylation sites is 2. The molecule has 2 aliphatic rings. The van der Waals surface area contributed by atoms with Crippen molar-refractivity contribution in [2.24, 2.45) is 5.92 Å². The summed E-state index contributed by atoms with van der Waals surface area (Å²) >= 11 is 0. The zero-order valence-corrected chi connectivity index (χ0v) is 19.3. The summed E-state index contributed by atoms with van der Waals surface area (Å²) in [4.78, 5) is 29.0. The molecule has 176 valence electrons. The van der Waals surface area contributed by atoms with E-state index in [0.717, 1.165) is 5.56 Å². The van der Waals surface area contributed by atoms with E-state index in [-0.39, 0.29) is 30.3 Å². The van der Waals surface area contributed by atoms with Crippen LogP contribution in [0.5, 0.6) is 23.0 Å². The second-order valence-electron chi connectivity index (χ2n) is 8.40. The van der Waals surface area contributed by atoms with Crippen molar-refractivity contribution in [3.8, 4) is 23.0 Å². The number of rotatable bonds is 8. The van der Waals surface area contributed by atoms with E-state index in [2.05, 4.69) is 0 Å². The minimum atomic E-state index is -0.343. The highest BCUT2D eigenvalue weighted by molar-refractivity contribution is 5.89. The number of hydrogen-bond donors (Lipinski definition) is 0. The van der Waals surface area contributed by atoms with E-state index >= 15 is 0 Å². The van der Waals surface area contributed by atoms with Gasteiger partial charge in [-0.15, -0.1) is 0 Å². The molecule has 2 unspecified atom stereocenters. The molecule has 2 aromatic carbocycles. The molecule has 2 amide bonds. The molecule has 1 fully saturated rings. The van der Waals surface area contributed by atoms with Crippen molar-refractivity contribution < 1.29 is 28.5 Å². The largest absolute Gasteiger partial charge is 0.493 e. The van der Waals surface area contributed by atoms with Gasteiger partial charge in [-0.2, -0.15) is 0 Å². The number of amides is 2. The first-order chi connectivity index (χ1) is 16.0. The van der Waals surface area contributed by atoms with Crippen LogP contribution in [0.4, 0.5) is 0 Å². The van der Waals surface area contributed by atoms with Crippen LogP contribution >= 0.6 is 0 Å². The topological polar surface area (TPSA) is 77.5 Å². The van der Waals surface area contributed by atoms with Gasteiger partial charge < -0.3 is 28.7 Å². The number of nitrogens with zero attached hydrogens (tertiary/aromatic N) is 2. The molecule has 0 bridgehead atoms. The van der Waals surface area contributed by atoms with Gasteiger partial charge in [0.2, 0.25) is 11.8 Å². The lowest BCUT2D eigenvalue weighted by atomic mass is 10.1. The maximum Gasteiger partial charge on any atom is 0.227 e. The molecule has 0 radical (unpaired) electrons. The van der Waals surface area contributed by atoms with E-state index in [1.165, 1.54) is 0 Å². The number of ether oxygens (including phenoxy) is 4. The normalized spacial score (nSPS) is 19.4. The van der Waals surface area contributed by atoms with Gasteiger partial charge in [-0.3, -0.25) is 9.59 Å². The molecule has 0 aromatic heterocycles. The monoisotopic (exact) mass is 454 g/mol. The lowest BCUT2D eigenvalue weighted by Crippen LogP contribution is -2.44. The smallest absolute Gasteiger partial charge is 0.227 e. The van der Waals surface area contributed by atoms with E-state index in [9.17, 15) is 9.59 Å². The maximum atomic E-state index is 13.0. The van der Waals surface area contributed by atoms with Crippen molar-refractivity contribution in [1.82, 2.24) is 9.80 Å². The van der Waals surface area contributed by atoms with Crippen LogP contribution in [0.15, 0.2) is 42.5 Å². The van der Waals surface area contributed by atoms with Gasteiger partial charge in [0.15, 0.2) is 29.1 Å². The van der Waals surface area contributed by atoms with Crippen LogP contribution in [0, 0.1) is 5.92 Å². The number of likely N-dealkylation sites (N-methyl/N-ethyl adjacent to an activating group) is 1. The van der Waals surface area contributed by atoms with Crippen LogP contribution < -0.4 is 18.9 Å². The van der Waals surface area contributed by atoms with Gasteiger partial charge in [-0.1, -0.05) is 18.2 Å². The number of fused-ring (bicyclic) bond motifs is 1. The molecule has 8 nitrogen and oxygen atoms in total. The van der Waals surface area contributed by atoms with Crippen LogP contribution in [-0.2, 0) is 16.0 Å². The average Bonchev–Trinajstić information content (AvgIpc) is 3.22. The highest BCUT2D eigenvalue weighted by Crippen LogP contribution is 2.31. The molecule has 2 atom stereocenters. The van der Waals surface area contributed by atoms with E-state index in [1.807, 2.05) is 42.5 Å². The third kappa shape index (κ3) is 5.16. The molecule has 4 rings (SSSR count). The number of hydrogen-bond acceptors (Lipinski definition) is 6. The molecular weight excluding hydrogens is 424 g/mol. The fourth-order valence-corrected chi connectivity index (χ4v) is 4.31. The van der Waals surface area contributed by atoms with Crippen molar-refractivity contribution in [1.29, 1.82) is 0 Å². The second-order valence-corrected chi connectivity index (χ2v) is 8.40. The van der Waals surface area contributed by atoms with Crippen molar-refractivity contribution in [3.05, 3.63) is 48.0 Å². The first kappa shape index (κ1) is 22.8. The summed E-state index contributed by atoms with van der Waals surface area (Å²) in [6.07, 6.45) is 0.669. The number of methoxy groups -OCH3 is 2. The van der Waals surface area contributed by atoms with Gasteiger partial charge in [0, 0.05) is 26.6 Å². The Labute approximate surface area is 194 Å². The standard InChI is InChI=1S/C25H30N2O6/c1-26(15-19-16-32-21-6-4-5-7-22(21)33-19)25(29)18-13-24(28)27(14-18)11-10-17-8-9-20(30-2)23(12-17)31-3/h4-9,12,18-19H,10-11,13-16H2,1-3H3. The van der Waals surface area contributed by atoms with Crippen LogP contribution in [0.3, 0.4) is 0 Å². The number of carbonyl (C=O) groups is 2. The first-order valence-corrected chi connectivity index (χ1v) is 11.1. The minimum absolute atomic E-state index is 0.00778. The Morgan fingerprint density at radius 2 is 1.88 bits per heavy atom. The van der Waals surface area contributed by atoms with Gasteiger partial charge in [0.05, 0.1) is 26.7 Å². The zero-order valence-electron chi connectivity index (χ0n) is 19.3. The fraction of sp³-hybridized carbons (Fsp3) is 0.440. The van der Waals surface area contributed by atoms with Crippen molar-refractivity contribution in [2.45, 2.75) is 18.9 Å². The van der Waals surface area contributed by atoms with Gasteiger partial charge in [0.1, 0.15) is 6.61 Å². The lowest BCUT2D eigenvalue weighted by Gasteiger charge is -2.30. The predicted octanol–water partition coefficient (Wildman–Crippen LogP) is 2.39. The average molecular weight is 455 g/mol. The Balaban J connectivity index is 1.29. The van der Waals surface area contributed by atoms with Gasteiger partial charge >= 0.3 is 0 Å². The molecule has 2 aliphatic heterocycles. The summed E-state index contributed by atoms with van der Waals surface area (Å²) in [6.45, 7) is 1.78. The summed E-state index contributed by atoms with van der Waals surface area (Å²) in [7, 11) is 4.95. The van der Waals surface area contributed by atoms with Crippen molar-refractivity contribution >= 4 is 11.8 Å². The van der Waals surface area contributed by atoms with Crippen LogP contribution in [0.1, 0.15) is 12.0 Å². The molecule has 2 heterocycles. The van der Waals surface area contributed by atoms with Crippen LogP contribution in [0.25, 0.3) is 0 Å². The molecule has 0 spiro atoms. The summed E-state index contributed by atoms with van der Waals surface area (Å²) in [5.41, 5.74) is 1.04. The fourth-order valence-electron chi connectivity index (χ4n) is 4.31. The Morgan fingerprint density at radius 1 is 1.12 bits per heavy atom. The highest BCUT2D eigenvalue weighted by Gasteiger charge is 2.36. The SMILES string of the molecule is COc1ccc(CCN2CC(C(=O)N(C)CC3COc4ccccc4O3)CC2=O)cc1OC. The van der Waals surface area contributed by atoms with Crippen LogP contribution in [0.2, 0.25) is 0 Å². The Morgan fingerprint density at radius 3 is 2.64 bits per heavy atom. The third-order valence-corrected chi connectivity index (χ3v) is 6.10. The van der Waals surface area contributed by atoms with E-state index < -0.39 is 0 Å². The van der Waals surface area contributed by atoms with Crippen LogP contribution in [-0.4, -0.2) is 75.2 Å². The molecular formula is C25H30N2O6. The zero-order chi connectivity index (χ0) is 23.4. The second kappa shape index (κ2) is 10.0. The van der Waals surface area contributed by atoms with E-state index in [0.29, 0.717) is 55.7 Å². The van der Waals surface area contributed by atoms with Gasteiger partial charge in [-0.25, -0.2) is 0 Å². The molecule has 0 saturated carbocycles. The summed E-state index contributed by atoms with van der Waals surface area (Å²) in [6, 6.07) is 13.2. The van der Waals surface area contributed by atoms with Gasteiger partial charge in [0.25, 0.3) is 0 Å². The molecule has 8 heteroatoms. The highest BCUT2D eigenvalue weighted by atomic mass is 16.6. The molecule has 1 saturated heterocycles. The number of benzene rings is 2. The predicted molar refractivity (Wildman–Crippen MR) is 122 cm³/mol. The lowest BCUT2D eigenvalue weighted by molar-refractivity contribution is -0.135. The number of likely N-dealkylation sites (tertiary alicyclic amines) is 1. The van der Waals surface area contributed by atoms with Crippen molar-refractivity contribution in [2.75, 3.05) is 47.5 Å². The Hall–Kier alpha value is -3.42. The van der Waals surface area contributed by atoms with Crippen molar-refractivity contribution in [3.63, 3.8) is 0 Å². The summed E-state index contributed by atoms with van der Waals surface area (Å²) < 4.78 is 22.3. The molecule has 0 aliphatic carbocycles.